The fourth-order valence-electron chi connectivity index (χ4n) is 1.97. The van der Waals surface area contributed by atoms with Crippen molar-refractivity contribution in [2.24, 2.45) is 0 Å². The molecule has 0 saturated heterocycles. The number of carbonyl (C=O) groups excluding carboxylic acids is 1. The van der Waals surface area contributed by atoms with Crippen LogP contribution in [0.5, 0.6) is 5.75 Å². The summed E-state index contributed by atoms with van der Waals surface area (Å²) in [5.74, 6) is 0.466. The molecule has 0 bridgehead atoms. The maximum atomic E-state index is 11.3. The predicted molar refractivity (Wildman–Crippen MR) is 75.3 cm³/mol. The number of nitrogens with one attached hydrogen (secondary N) is 1. The fraction of sp³-hybridized carbons (Fsp3) is 0.267. The lowest BCUT2D eigenvalue weighted by atomic mass is 10.1. The number of H-pyrrole nitrogens is 1. The zero-order chi connectivity index (χ0) is 13.8. The van der Waals surface area contributed by atoms with E-state index < -0.39 is 0 Å². The molecule has 0 unspecified atom stereocenters. The van der Waals surface area contributed by atoms with Gasteiger partial charge in [0.25, 0.3) is 0 Å². The Balaban J connectivity index is 2.34. The highest BCUT2D eigenvalue weighted by molar-refractivity contribution is 5.91. The maximum Gasteiger partial charge on any atom is 0.330 e. The number of ether oxygens (including phenoxy) is 2. The van der Waals surface area contributed by atoms with Crippen LogP contribution in [0.4, 0.5) is 0 Å². The van der Waals surface area contributed by atoms with Crippen molar-refractivity contribution in [3.8, 4) is 5.75 Å². The Bertz CT molecular complexity index is 626. The molecule has 0 amide bonds. The van der Waals surface area contributed by atoms with Gasteiger partial charge in [-0.1, -0.05) is 0 Å². The molecule has 2 rings (SSSR count). The van der Waals surface area contributed by atoms with Crippen LogP contribution < -0.4 is 4.74 Å². The Morgan fingerprint density at radius 2 is 2.21 bits per heavy atom. The van der Waals surface area contributed by atoms with E-state index in [2.05, 4.69) is 4.98 Å². The lowest BCUT2D eigenvalue weighted by Crippen LogP contribution is -1.98. The van der Waals surface area contributed by atoms with Gasteiger partial charge in [0.2, 0.25) is 0 Å². The fourth-order valence-corrected chi connectivity index (χ4v) is 1.97. The lowest BCUT2D eigenvalue weighted by molar-refractivity contribution is -0.137. The van der Waals surface area contributed by atoms with Crippen LogP contribution >= 0.6 is 0 Å². The van der Waals surface area contributed by atoms with Gasteiger partial charge in [0.1, 0.15) is 5.75 Å². The molecule has 0 spiro atoms. The number of hydrogen-bond donors (Lipinski definition) is 1. The summed E-state index contributed by atoms with van der Waals surface area (Å²) in [6.07, 6.45) is 3.16. The Morgan fingerprint density at radius 3 is 2.89 bits per heavy atom. The number of hydrogen-bond acceptors (Lipinski definition) is 3. The number of benzene rings is 1. The summed E-state index contributed by atoms with van der Waals surface area (Å²) in [4.78, 5) is 14.6. The molecule has 0 atom stereocenters. The molecule has 2 aromatic rings. The highest BCUT2D eigenvalue weighted by atomic mass is 16.5. The van der Waals surface area contributed by atoms with E-state index in [-0.39, 0.29) is 5.97 Å². The topological polar surface area (TPSA) is 51.3 Å². The molecule has 1 heterocycles. The van der Waals surface area contributed by atoms with Gasteiger partial charge in [-0.2, -0.15) is 0 Å². The van der Waals surface area contributed by atoms with Crippen molar-refractivity contribution in [3.05, 3.63) is 35.5 Å². The van der Waals surface area contributed by atoms with E-state index in [4.69, 9.17) is 9.47 Å². The number of rotatable bonds is 4. The number of aromatic amines is 1. The first-order valence-corrected chi connectivity index (χ1v) is 6.17. The number of esters is 1. The van der Waals surface area contributed by atoms with Gasteiger partial charge in [0, 0.05) is 28.7 Å². The summed E-state index contributed by atoms with van der Waals surface area (Å²) in [5, 5.41) is 1.12. The van der Waals surface area contributed by atoms with Crippen molar-refractivity contribution < 1.29 is 14.3 Å². The third kappa shape index (κ3) is 2.78. The number of carbonyl (C=O) groups is 1. The van der Waals surface area contributed by atoms with Crippen LogP contribution in [0.25, 0.3) is 17.0 Å². The molecule has 4 nitrogen and oxygen atoms in total. The third-order valence-electron chi connectivity index (χ3n) is 2.98. The van der Waals surface area contributed by atoms with Crippen LogP contribution in [0, 0.1) is 6.92 Å². The van der Waals surface area contributed by atoms with Gasteiger partial charge in [-0.15, -0.1) is 0 Å². The molecule has 0 fully saturated rings. The van der Waals surface area contributed by atoms with E-state index in [1.54, 1.807) is 20.1 Å². The van der Waals surface area contributed by atoms with Crippen molar-refractivity contribution in [1.82, 2.24) is 4.98 Å². The molecule has 0 aliphatic heterocycles. The molecule has 0 aliphatic carbocycles. The summed E-state index contributed by atoms with van der Waals surface area (Å²) >= 11 is 0. The monoisotopic (exact) mass is 259 g/mol. The summed E-state index contributed by atoms with van der Waals surface area (Å²) < 4.78 is 10.0. The number of aromatic nitrogens is 1. The quantitative estimate of drug-likeness (QED) is 0.678. The normalized spacial score (nSPS) is 11.1. The van der Waals surface area contributed by atoms with Crippen molar-refractivity contribution in [3.63, 3.8) is 0 Å². The first-order valence-electron chi connectivity index (χ1n) is 6.17. The zero-order valence-electron chi connectivity index (χ0n) is 11.3. The van der Waals surface area contributed by atoms with E-state index in [0.29, 0.717) is 6.61 Å². The summed E-state index contributed by atoms with van der Waals surface area (Å²) in [5.41, 5.74) is 2.98. The second-order valence-electron chi connectivity index (χ2n) is 4.16. The Kier molecular flexibility index (Phi) is 3.90. The maximum absolute atomic E-state index is 11.3. The summed E-state index contributed by atoms with van der Waals surface area (Å²) in [6.45, 7) is 4.17. The van der Waals surface area contributed by atoms with Gasteiger partial charge in [0.15, 0.2) is 0 Å². The van der Waals surface area contributed by atoms with E-state index in [9.17, 15) is 4.79 Å². The van der Waals surface area contributed by atoms with Crippen molar-refractivity contribution in [2.45, 2.75) is 13.8 Å². The molecule has 1 N–H and O–H groups in total. The van der Waals surface area contributed by atoms with Gasteiger partial charge in [0.05, 0.1) is 13.7 Å². The van der Waals surface area contributed by atoms with Gasteiger partial charge in [-0.05, 0) is 37.6 Å². The minimum absolute atomic E-state index is 0.335. The average Bonchev–Trinajstić information content (AvgIpc) is 2.73. The smallest absolute Gasteiger partial charge is 0.330 e. The van der Waals surface area contributed by atoms with Crippen LogP contribution in [0.2, 0.25) is 0 Å². The molecule has 0 aliphatic rings. The van der Waals surface area contributed by atoms with Crippen LogP contribution in [-0.4, -0.2) is 24.7 Å². The second kappa shape index (κ2) is 5.61. The minimum Gasteiger partial charge on any atom is -0.497 e. The second-order valence-corrected chi connectivity index (χ2v) is 4.16. The van der Waals surface area contributed by atoms with Crippen molar-refractivity contribution >= 4 is 22.9 Å². The van der Waals surface area contributed by atoms with Crippen LogP contribution in [-0.2, 0) is 9.53 Å². The molecule has 1 aromatic heterocycles. The molecule has 4 heteroatoms. The third-order valence-corrected chi connectivity index (χ3v) is 2.98. The Labute approximate surface area is 112 Å². The van der Waals surface area contributed by atoms with Gasteiger partial charge < -0.3 is 14.5 Å². The summed E-state index contributed by atoms with van der Waals surface area (Å²) in [7, 11) is 1.64. The minimum atomic E-state index is -0.335. The Morgan fingerprint density at radius 1 is 1.42 bits per heavy atom. The van der Waals surface area contributed by atoms with E-state index >= 15 is 0 Å². The van der Waals surface area contributed by atoms with E-state index in [1.807, 2.05) is 25.1 Å². The Hall–Kier alpha value is -2.23. The van der Waals surface area contributed by atoms with Crippen LogP contribution in [0.15, 0.2) is 24.3 Å². The first kappa shape index (κ1) is 13.2. The average molecular weight is 259 g/mol. The van der Waals surface area contributed by atoms with Crippen molar-refractivity contribution in [1.29, 1.82) is 0 Å². The zero-order valence-corrected chi connectivity index (χ0v) is 11.3. The highest BCUT2D eigenvalue weighted by Crippen LogP contribution is 2.26. The summed E-state index contributed by atoms with van der Waals surface area (Å²) in [6, 6.07) is 5.85. The van der Waals surface area contributed by atoms with Crippen LogP contribution in [0.3, 0.4) is 0 Å². The molecular formula is C15H17NO3. The lowest BCUT2D eigenvalue weighted by Gasteiger charge is -1.98. The van der Waals surface area contributed by atoms with Crippen LogP contribution in [0.1, 0.15) is 18.2 Å². The molecule has 0 saturated carbocycles. The van der Waals surface area contributed by atoms with E-state index in [0.717, 1.165) is 27.9 Å². The highest BCUT2D eigenvalue weighted by Gasteiger charge is 2.06. The van der Waals surface area contributed by atoms with Gasteiger partial charge in [-0.25, -0.2) is 4.79 Å². The molecule has 19 heavy (non-hydrogen) atoms. The standard InChI is InChI=1S/C15H17NO3/c1-4-19-15(17)8-7-13-10(2)12-6-5-11(18-3)9-14(12)16-13/h5-9,16H,4H2,1-3H3/b8-7+. The van der Waals surface area contributed by atoms with Gasteiger partial charge in [-0.3, -0.25) is 0 Å². The SMILES string of the molecule is CCOC(=O)/C=C/c1[nH]c2cc(OC)ccc2c1C. The molecule has 100 valence electrons. The number of fused-ring (bicyclic) bond motifs is 1. The first-order chi connectivity index (χ1) is 9.15. The van der Waals surface area contributed by atoms with E-state index in [1.165, 1.54) is 6.08 Å². The van der Waals surface area contributed by atoms with Crippen molar-refractivity contribution in [2.75, 3.05) is 13.7 Å². The number of methoxy groups -OCH3 is 1. The number of aryl methyl sites for hydroxylation is 1. The molecular weight excluding hydrogens is 242 g/mol. The molecule has 1 aromatic carbocycles. The molecule has 0 radical (unpaired) electrons. The predicted octanol–water partition coefficient (Wildman–Crippen LogP) is 3.06. The largest absolute Gasteiger partial charge is 0.497 e. The van der Waals surface area contributed by atoms with Gasteiger partial charge >= 0.3 is 5.97 Å².